The Morgan fingerprint density at radius 3 is 2.25 bits per heavy atom. The van der Waals surface area contributed by atoms with Crippen molar-refractivity contribution in [3.05, 3.63) is 0 Å². The highest BCUT2D eigenvalue weighted by Gasteiger charge is 2.32. The van der Waals surface area contributed by atoms with Gasteiger partial charge in [-0.15, -0.1) is 0 Å². The SMILES string of the molecule is CCCCCCCCC#CC(F)(F)C(C)O. The van der Waals surface area contributed by atoms with Gasteiger partial charge in [0.15, 0.2) is 0 Å². The molecule has 0 rings (SSSR count). The van der Waals surface area contributed by atoms with Gasteiger partial charge in [-0.1, -0.05) is 44.9 Å². The highest BCUT2D eigenvalue weighted by Crippen LogP contribution is 2.16. The zero-order chi connectivity index (χ0) is 12.4. The summed E-state index contributed by atoms with van der Waals surface area (Å²) in [5.74, 6) is 1.00. The monoisotopic (exact) mass is 232 g/mol. The quantitative estimate of drug-likeness (QED) is 0.523. The molecule has 0 aromatic heterocycles. The highest BCUT2D eigenvalue weighted by atomic mass is 19.3. The van der Waals surface area contributed by atoms with Gasteiger partial charge in [0.1, 0.15) is 6.10 Å². The van der Waals surface area contributed by atoms with Crippen LogP contribution >= 0.6 is 0 Å². The first-order chi connectivity index (χ1) is 7.50. The molecule has 0 saturated heterocycles. The van der Waals surface area contributed by atoms with Gasteiger partial charge in [-0.3, -0.25) is 0 Å². The molecule has 0 aliphatic carbocycles. The Bertz CT molecular complexity index is 226. The normalized spacial score (nSPS) is 13.1. The first-order valence-corrected chi connectivity index (χ1v) is 6.06. The third-order valence-corrected chi connectivity index (χ3v) is 2.44. The summed E-state index contributed by atoms with van der Waals surface area (Å²) in [6.07, 6.45) is 5.54. The molecule has 0 radical (unpaired) electrons. The topological polar surface area (TPSA) is 20.2 Å². The highest BCUT2D eigenvalue weighted by molar-refractivity contribution is 5.11. The van der Waals surface area contributed by atoms with Crippen molar-refractivity contribution < 1.29 is 13.9 Å². The fraction of sp³-hybridized carbons (Fsp3) is 0.846. The van der Waals surface area contributed by atoms with Crippen molar-refractivity contribution >= 4 is 0 Å². The average molecular weight is 232 g/mol. The predicted molar refractivity (Wildman–Crippen MR) is 62.4 cm³/mol. The van der Waals surface area contributed by atoms with Gasteiger partial charge in [0.2, 0.25) is 0 Å². The number of alkyl halides is 2. The largest absolute Gasteiger partial charge is 0.386 e. The first kappa shape index (κ1) is 15.4. The molecular weight excluding hydrogens is 210 g/mol. The Morgan fingerprint density at radius 1 is 1.12 bits per heavy atom. The molecule has 0 aliphatic heterocycles. The number of aliphatic hydroxyl groups excluding tert-OH is 1. The van der Waals surface area contributed by atoms with Crippen LogP contribution in [0.4, 0.5) is 8.78 Å². The molecule has 0 saturated carbocycles. The maximum Gasteiger partial charge on any atom is 0.333 e. The van der Waals surface area contributed by atoms with Crippen LogP contribution < -0.4 is 0 Å². The van der Waals surface area contributed by atoms with Crippen LogP contribution in [0.25, 0.3) is 0 Å². The van der Waals surface area contributed by atoms with Crippen LogP contribution in [0.3, 0.4) is 0 Å². The molecule has 16 heavy (non-hydrogen) atoms. The second-order valence-electron chi connectivity index (χ2n) is 4.12. The summed E-state index contributed by atoms with van der Waals surface area (Å²) in [4.78, 5) is 0. The summed E-state index contributed by atoms with van der Waals surface area (Å²) in [7, 11) is 0. The standard InChI is InChI=1S/C13H22F2O/c1-3-4-5-6-7-8-9-10-11-13(14,15)12(2)16/h12,16H,3-9H2,1-2H3. The maximum atomic E-state index is 12.8. The van der Waals surface area contributed by atoms with Crippen LogP contribution in [-0.4, -0.2) is 17.1 Å². The molecule has 0 aromatic rings. The summed E-state index contributed by atoms with van der Waals surface area (Å²) in [6.45, 7) is 3.21. The van der Waals surface area contributed by atoms with E-state index >= 15 is 0 Å². The Morgan fingerprint density at radius 2 is 1.69 bits per heavy atom. The van der Waals surface area contributed by atoms with Gasteiger partial charge < -0.3 is 5.11 Å². The van der Waals surface area contributed by atoms with E-state index in [4.69, 9.17) is 5.11 Å². The van der Waals surface area contributed by atoms with E-state index in [1.165, 1.54) is 19.3 Å². The number of hydrogen-bond acceptors (Lipinski definition) is 1. The van der Waals surface area contributed by atoms with Crippen LogP contribution in [0.5, 0.6) is 0 Å². The van der Waals surface area contributed by atoms with E-state index in [2.05, 4.69) is 12.8 Å². The van der Waals surface area contributed by atoms with E-state index in [0.29, 0.717) is 6.42 Å². The minimum atomic E-state index is -3.26. The van der Waals surface area contributed by atoms with Crippen molar-refractivity contribution in [1.82, 2.24) is 0 Å². The van der Waals surface area contributed by atoms with Crippen LogP contribution in [0.1, 0.15) is 58.8 Å². The van der Waals surface area contributed by atoms with Gasteiger partial charge in [-0.2, -0.15) is 8.78 Å². The molecule has 1 atom stereocenters. The molecule has 0 aliphatic rings. The lowest BCUT2D eigenvalue weighted by atomic mass is 10.1. The van der Waals surface area contributed by atoms with Gasteiger partial charge in [-0.25, -0.2) is 0 Å². The molecular formula is C13H22F2O. The molecule has 0 fully saturated rings. The number of aliphatic hydroxyl groups is 1. The van der Waals surface area contributed by atoms with E-state index in [0.717, 1.165) is 26.2 Å². The predicted octanol–water partition coefficient (Wildman–Crippen LogP) is 3.76. The molecule has 0 heterocycles. The van der Waals surface area contributed by atoms with Gasteiger partial charge in [0, 0.05) is 6.42 Å². The lowest BCUT2D eigenvalue weighted by Gasteiger charge is -2.11. The third-order valence-electron chi connectivity index (χ3n) is 2.44. The van der Waals surface area contributed by atoms with Crippen LogP contribution in [-0.2, 0) is 0 Å². The average Bonchev–Trinajstić information content (AvgIpc) is 2.21. The van der Waals surface area contributed by atoms with Crippen LogP contribution in [0.15, 0.2) is 0 Å². The van der Waals surface area contributed by atoms with Crippen LogP contribution in [0, 0.1) is 11.8 Å². The molecule has 0 bridgehead atoms. The molecule has 94 valence electrons. The Labute approximate surface area is 97.2 Å². The van der Waals surface area contributed by atoms with Crippen LogP contribution in [0.2, 0.25) is 0 Å². The minimum absolute atomic E-state index is 0.494. The van der Waals surface area contributed by atoms with Gasteiger partial charge in [0.25, 0.3) is 0 Å². The molecule has 1 N–H and O–H groups in total. The van der Waals surface area contributed by atoms with E-state index in [1.807, 2.05) is 5.92 Å². The van der Waals surface area contributed by atoms with Crippen molar-refractivity contribution in [3.63, 3.8) is 0 Å². The van der Waals surface area contributed by atoms with Gasteiger partial charge in [0.05, 0.1) is 0 Å². The van der Waals surface area contributed by atoms with Gasteiger partial charge in [-0.05, 0) is 19.3 Å². The lowest BCUT2D eigenvalue weighted by Crippen LogP contribution is -2.28. The fourth-order valence-corrected chi connectivity index (χ4v) is 1.28. The van der Waals surface area contributed by atoms with E-state index in [-0.39, 0.29) is 0 Å². The Kier molecular flexibility index (Phi) is 8.19. The Hall–Kier alpha value is -0.620. The van der Waals surface area contributed by atoms with Crippen molar-refractivity contribution in [2.45, 2.75) is 70.8 Å². The van der Waals surface area contributed by atoms with Crippen molar-refractivity contribution in [2.24, 2.45) is 0 Å². The molecule has 0 spiro atoms. The molecule has 0 aromatic carbocycles. The maximum absolute atomic E-state index is 12.8. The second-order valence-corrected chi connectivity index (χ2v) is 4.12. The van der Waals surface area contributed by atoms with E-state index in [9.17, 15) is 8.78 Å². The third kappa shape index (κ3) is 7.64. The number of halogens is 2. The molecule has 1 nitrogen and oxygen atoms in total. The zero-order valence-corrected chi connectivity index (χ0v) is 10.2. The van der Waals surface area contributed by atoms with Crippen molar-refractivity contribution in [3.8, 4) is 11.8 Å². The van der Waals surface area contributed by atoms with Gasteiger partial charge >= 0.3 is 5.92 Å². The summed E-state index contributed by atoms with van der Waals surface area (Å²) < 4.78 is 25.6. The second kappa shape index (κ2) is 8.52. The minimum Gasteiger partial charge on any atom is -0.386 e. The summed E-state index contributed by atoms with van der Waals surface area (Å²) in [5, 5.41) is 8.73. The van der Waals surface area contributed by atoms with Crippen molar-refractivity contribution in [1.29, 1.82) is 0 Å². The van der Waals surface area contributed by atoms with E-state index < -0.39 is 12.0 Å². The fourth-order valence-electron chi connectivity index (χ4n) is 1.28. The molecule has 3 heteroatoms. The van der Waals surface area contributed by atoms with E-state index in [1.54, 1.807) is 0 Å². The molecule has 0 amide bonds. The summed E-state index contributed by atoms with van der Waals surface area (Å²) in [5.41, 5.74) is 0. The number of rotatable bonds is 7. The summed E-state index contributed by atoms with van der Waals surface area (Å²) >= 11 is 0. The smallest absolute Gasteiger partial charge is 0.333 e. The Balaban J connectivity index is 3.55. The summed E-state index contributed by atoms with van der Waals surface area (Å²) in [6, 6.07) is 0. The zero-order valence-electron chi connectivity index (χ0n) is 10.2. The van der Waals surface area contributed by atoms with Crippen molar-refractivity contribution in [2.75, 3.05) is 0 Å². The number of unbranched alkanes of at least 4 members (excludes halogenated alkanes) is 6. The lowest BCUT2D eigenvalue weighted by molar-refractivity contribution is -0.0515. The number of hydrogen-bond donors (Lipinski definition) is 1. The first-order valence-electron chi connectivity index (χ1n) is 6.06. The molecule has 1 unspecified atom stereocenters.